The molecule has 1 unspecified atom stereocenters. The zero-order valence-corrected chi connectivity index (χ0v) is 8.58. The lowest BCUT2D eigenvalue weighted by Gasteiger charge is -2.08. The summed E-state index contributed by atoms with van der Waals surface area (Å²) in [5.74, 6) is 2.89. The fourth-order valence-corrected chi connectivity index (χ4v) is 1.26. The van der Waals surface area contributed by atoms with Gasteiger partial charge in [0.15, 0.2) is 0 Å². The molecule has 74 valence electrons. The van der Waals surface area contributed by atoms with Crippen molar-refractivity contribution in [1.82, 2.24) is 0 Å². The lowest BCUT2D eigenvalue weighted by molar-refractivity contribution is 0.199. The maximum absolute atomic E-state index is 9.28. The highest BCUT2D eigenvalue weighted by Crippen LogP contribution is 2.27. The summed E-state index contributed by atoms with van der Waals surface area (Å²) in [6.07, 6.45) is 4.51. The van der Waals surface area contributed by atoms with Crippen LogP contribution >= 0.6 is 11.6 Å². The first-order valence-corrected chi connectivity index (χ1v) is 4.56. The van der Waals surface area contributed by atoms with Crippen molar-refractivity contribution in [3.05, 3.63) is 28.8 Å². The van der Waals surface area contributed by atoms with E-state index in [1.54, 1.807) is 25.1 Å². The molecule has 0 bridgehead atoms. The predicted molar refractivity (Wildman–Crippen MR) is 56.4 cm³/mol. The van der Waals surface area contributed by atoms with Gasteiger partial charge in [0.05, 0.1) is 11.1 Å². The van der Waals surface area contributed by atoms with Crippen molar-refractivity contribution in [1.29, 1.82) is 0 Å². The van der Waals surface area contributed by atoms with Gasteiger partial charge in [0.25, 0.3) is 0 Å². The monoisotopic (exact) mass is 210 g/mol. The minimum Gasteiger partial charge on any atom is -0.479 e. The third kappa shape index (κ3) is 2.66. The van der Waals surface area contributed by atoms with Crippen LogP contribution in [0.2, 0.25) is 5.02 Å². The Labute approximate surface area is 88.5 Å². The zero-order chi connectivity index (χ0) is 10.6. The van der Waals surface area contributed by atoms with Crippen molar-refractivity contribution in [3.8, 4) is 18.1 Å². The molecular formula is C11H11ClO2. The maximum atomic E-state index is 9.28. The lowest BCUT2D eigenvalue weighted by atomic mass is 10.1. The van der Waals surface area contributed by atoms with Crippen molar-refractivity contribution >= 4 is 11.6 Å². The van der Waals surface area contributed by atoms with E-state index in [-0.39, 0.29) is 6.61 Å². The minimum atomic E-state index is -0.533. The van der Waals surface area contributed by atoms with Crippen molar-refractivity contribution < 1.29 is 9.84 Å². The molecule has 0 fully saturated rings. The normalized spacial score (nSPS) is 11.9. The van der Waals surface area contributed by atoms with E-state index in [0.29, 0.717) is 10.8 Å². The van der Waals surface area contributed by atoms with Gasteiger partial charge < -0.3 is 9.84 Å². The fourth-order valence-electron chi connectivity index (χ4n) is 1.01. The number of aliphatic hydroxyl groups excluding tert-OH is 1. The van der Waals surface area contributed by atoms with E-state index in [0.717, 1.165) is 5.56 Å². The number of halogens is 1. The van der Waals surface area contributed by atoms with Gasteiger partial charge in [0.1, 0.15) is 12.4 Å². The molecule has 1 N–H and O–H groups in total. The van der Waals surface area contributed by atoms with Gasteiger partial charge >= 0.3 is 0 Å². The summed E-state index contributed by atoms with van der Waals surface area (Å²) < 4.78 is 5.17. The van der Waals surface area contributed by atoms with E-state index in [1.807, 2.05) is 0 Å². The lowest BCUT2D eigenvalue weighted by Crippen LogP contribution is -1.96. The Bertz CT molecular complexity index is 353. The Morgan fingerprint density at radius 2 is 2.36 bits per heavy atom. The van der Waals surface area contributed by atoms with Gasteiger partial charge in [-0.1, -0.05) is 23.6 Å². The topological polar surface area (TPSA) is 29.5 Å². The van der Waals surface area contributed by atoms with Gasteiger partial charge in [0.2, 0.25) is 0 Å². The molecule has 1 aromatic carbocycles. The average molecular weight is 211 g/mol. The molecule has 0 aliphatic carbocycles. The third-order valence-corrected chi connectivity index (χ3v) is 2.04. The molecule has 0 aliphatic heterocycles. The molecule has 0 saturated heterocycles. The number of hydrogen-bond acceptors (Lipinski definition) is 2. The van der Waals surface area contributed by atoms with E-state index in [1.165, 1.54) is 0 Å². The molecule has 0 aromatic heterocycles. The smallest absolute Gasteiger partial charge is 0.148 e. The molecule has 2 nitrogen and oxygen atoms in total. The highest BCUT2D eigenvalue weighted by atomic mass is 35.5. The number of terminal acetylenes is 1. The van der Waals surface area contributed by atoms with Crippen LogP contribution in [0.25, 0.3) is 0 Å². The van der Waals surface area contributed by atoms with Gasteiger partial charge in [-0.2, -0.15) is 0 Å². The molecule has 0 aliphatic rings. The molecule has 0 spiro atoms. The molecular weight excluding hydrogens is 200 g/mol. The zero-order valence-electron chi connectivity index (χ0n) is 7.83. The number of hydrogen-bond donors (Lipinski definition) is 1. The Hall–Kier alpha value is -1.17. The summed E-state index contributed by atoms with van der Waals surface area (Å²) in [4.78, 5) is 0. The van der Waals surface area contributed by atoms with Crippen LogP contribution in [0.3, 0.4) is 0 Å². The standard InChI is InChI=1S/C11H11ClO2/c1-3-6-14-11-5-4-9(8(2)13)7-10(11)12/h1,4-5,7-8,13H,6H2,2H3. The van der Waals surface area contributed by atoms with E-state index >= 15 is 0 Å². The summed E-state index contributed by atoms with van der Waals surface area (Å²) in [6.45, 7) is 1.86. The van der Waals surface area contributed by atoms with Crippen molar-refractivity contribution in [2.24, 2.45) is 0 Å². The molecule has 0 amide bonds. The minimum absolute atomic E-state index is 0.188. The largest absolute Gasteiger partial charge is 0.479 e. The summed E-state index contributed by atoms with van der Waals surface area (Å²) in [7, 11) is 0. The Morgan fingerprint density at radius 3 is 2.86 bits per heavy atom. The number of benzene rings is 1. The number of rotatable bonds is 3. The highest BCUT2D eigenvalue weighted by Gasteiger charge is 2.05. The first-order valence-electron chi connectivity index (χ1n) is 4.19. The second-order valence-electron chi connectivity index (χ2n) is 2.86. The second-order valence-corrected chi connectivity index (χ2v) is 3.27. The van der Waals surface area contributed by atoms with Crippen LogP contribution in [0.1, 0.15) is 18.6 Å². The Balaban J connectivity index is 2.85. The summed E-state index contributed by atoms with van der Waals surface area (Å²) in [5.41, 5.74) is 0.753. The second kappa shape index (κ2) is 4.90. The van der Waals surface area contributed by atoms with Crippen LogP contribution < -0.4 is 4.74 Å². The van der Waals surface area contributed by atoms with Crippen LogP contribution in [0.4, 0.5) is 0 Å². The Kier molecular flexibility index (Phi) is 3.82. The van der Waals surface area contributed by atoms with Gasteiger partial charge in [-0.15, -0.1) is 6.42 Å². The van der Waals surface area contributed by atoms with Gasteiger partial charge in [-0.3, -0.25) is 0 Å². The molecule has 14 heavy (non-hydrogen) atoms. The SMILES string of the molecule is C#CCOc1ccc(C(C)O)cc1Cl. The summed E-state index contributed by atoms with van der Waals surface area (Å²) in [5, 5.41) is 9.74. The van der Waals surface area contributed by atoms with Gasteiger partial charge in [0, 0.05) is 0 Å². The fraction of sp³-hybridized carbons (Fsp3) is 0.273. The Morgan fingerprint density at radius 1 is 1.64 bits per heavy atom. The predicted octanol–water partition coefficient (Wildman–Crippen LogP) is 2.41. The quantitative estimate of drug-likeness (QED) is 0.777. The van der Waals surface area contributed by atoms with Crippen LogP contribution in [0.5, 0.6) is 5.75 Å². The molecule has 0 saturated carbocycles. The molecule has 0 radical (unpaired) electrons. The van der Waals surface area contributed by atoms with E-state index in [4.69, 9.17) is 22.8 Å². The highest BCUT2D eigenvalue weighted by molar-refractivity contribution is 6.32. The van der Waals surface area contributed by atoms with Gasteiger partial charge in [-0.25, -0.2) is 0 Å². The number of aliphatic hydroxyl groups is 1. The molecule has 1 atom stereocenters. The van der Waals surface area contributed by atoms with E-state index in [2.05, 4.69) is 5.92 Å². The summed E-state index contributed by atoms with van der Waals surface area (Å²) in [6, 6.07) is 5.11. The van der Waals surface area contributed by atoms with Crippen LogP contribution in [-0.4, -0.2) is 11.7 Å². The summed E-state index contributed by atoms with van der Waals surface area (Å²) >= 11 is 5.90. The first kappa shape index (κ1) is 10.9. The van der Waals surface area contributed by atoms with Crippen molar-refractivity contribution in [2.75, 3.05) is 6.61 Å². The number of ether oxygens (including phenoxy) is 1. The van der Waals surface area contributed by atoms with Crippen LogP contribution in [0.15, 0.2) is 18.2 Å². The average Bonchev–Trinajstić information content (AvgIpc) is 2.15. The molecule has 1 rings (SSSR count). The van der Waals surface area contributed by atoms with Crippen LogP contribution in [0, 0.1) is 12.3 Å². The van der Waals surface area contributed by atoms with E-state index < -0.39 is 6.10 Å². The van der Waals surface area contributed by atoms with Crippen molar-refractivity contribution in [2.45, 2.75) is 13.0 Å². The van der Waals surface area contributed by atoms with Crippen LogP contribution in [-0.2, 0) is 0 Å². The van der Waals surface area contributed by atoms with E-state index in [9.17, 15) is 5.11 Å². The van der Waals surface area contributed by atoms with Crippen molar-refractivity contribution in [3.63, 3.8) is 0 Å². The molecule has 3 heteroatoms. The maximum Gasteiger partial charge on any atom is 0.148 e. The third-order valence-electron chi connectivity index (χ3n) is 1.75. The molecule has 1 aromatic rings. The van der Waals surface area contributed by atoms with Gasteiger partial charge in [-0.05, 0) is 24.6 Å². The first-order chi connectivity index (χ1) is 6.65. The molecule has 0 heterocycles.